The molecule has 1 fully saturated rings. The number of carbonyl (C=O) groups is 2. The predicted molar refractivity (Wildman–Crippen MR) is 106 cm³/mol. The van der Waals surface area contributed by atoms with Gasteiger partial charge in [-0.25, -0.2) is 9.97 Å². The highest BCUT2D eigenvalue weighted by Crippen LogP contribution is 2.33. The van der Waals surface area contributed by atoms with E-state index in [0.29, 0.717) is 31.5 Å². The van der Waals surface area contributed by atoms with Crippen LogP contribution in [0.15, 0.2) is 41.6 Å². The first-order chi connectivity index (χ1) is 14.1. The number of benzene rings is 1. The zero-order chi connectivity index (χ0) is 21.9. The molecule has 2 amide bonds. The van der Waals surface area contributed by atoms with Crippen LogP contribution in [-0.4, -0.2) is 45.0 Å². The van der Waals surface area contributed by atoms with Gasteiger partial charge in [-0.05, 0) is 25.8 Å². The fourth-order valence-electron chi connectivity index (χ4n) is 3.23. The van der Waals surface area contributed by atoms with Gasteiger partial charge in [0, 0.05) is 24.6 Å². The number of nitrogens with two attached hydrogens (primary N) is 1. The van der Waals surface area contributed by atoms with Crippen molar-refractivity contribution >= 4 is 23.6 Å². The maximum atomic E-state index is 13.3. The number of thioether (sulfide) groups is 1. The molecule has 30 heavy (non-hydrogen) atoms. The Morgan fingerprint density at radius 2 is 1.80 bits per heavy atom. The van der Waals surface area contributed by atoms with Crippen LogP contribution in [0.2, 0.25) is 0 Å². The van der Waals surface area contributed by atoms with Crippen molar-refractivity contribution in [1.29, 1.82) is 0 Å². The van der Waals surface area contributed by atoms with Gasteiger partial charge in [-0.15, -0.1) is 0 Å². The Balaban J connectivity index is 1.78. The van der Waals surface area contributed by atoms with Crippen molar-refractivity contribution in [1.82, 2.24) is 14.9 Å². The molecule has 160 valence electrons. The van der Waals surface area contributed by atoms with Crippen molar-refractivity contribution in [2.75, 3.05) is 13.1 Å². The van der Waals surface area contributed by atoms with Gasteiger partial charge in [0.25, 0.3) is 0 Å². The minimum atomic E-state index is -4.63. The highest BCUT2D eigenvalue weighted by atomic mass is 32.2. The Kier molecular flexibility index (Phi) is 6.64. The number of likely N-dealkylation sites (tertiary alicyclic amines) is 1. The van der Waals surface area contributed by atoms with Crippen molar-refractivity contribution in [3.8, 4) is 11.3 Å². The van der Waals surface area contributed by atoms with E-state index < -0.39 is 17.1 Å². The molecule has 2 aromatic rings. The lowest BCUT2D eigenvalue weighted by Gasteiger charge is -2.32. The molecule has 10 heteroatoms. The summed E-state index contributed by atoms with van der Waals surface area (Å²) in [6, 6.07) is 9.40. The van der Waals surface area contributed by atoms with Crippen molar-refractivity contribution in [2.24, 2.45) is 11.7 Å². The van der Waals surface area contributed by atoms with Crippen LogP contribution in [0.3, 0.4) is 0 Å². The molecule has 0 unspecified atom stereocenters. The van der Waals surface area contributed by atoms with Crippen LogP contribution in [-0.2, 0) is 15.8 Å². The highest BCUT2D eigenvalue weighted by Gasteiger charge is 2.35. The summed E-state index contributed by atoms with van der Waals surface area (Å²) < 4.78 is 40.0. The van der Waals surface area contributed by atoms with E-state index in [2.05, 4.69) is 9.97 Å². The molecule has 1 saturated heterocycles. The van der Waals surface area contributed by atoms with Gasteiger partial charge in [-0.1, -0.05) is 42.1 Å². The number of amides is 2. The summed E-state index contributed by atoms with van der Waals surface area (Å²) in [7, 11) is 0. The van der Waals surface area contributed by atoms with Crippen molar-refractivity contribution in [2.45, 2.75) is 36.3 Å². The van der Waals surface area contributed by atoms with Gasteiger partial charge in [0.15, 0.2) is 5.16 Å². The zero-order valence-electron chi connectivity index (χ0n) is 16.2. The number of carbonyl (C=O) groups excluding carboxylic acids is 2. The largest absolute Gasteiger partial charge is 0.433 e. The Hall–Kier alpha value is -2.62. The lowest BCUT2D eigenvalue weighted by atomic mass is 9.96. The molecule has 0 bridgehead atoms. The molecular formula is C20H21F3N4O2S. The first kappa shape index (κ1) is 22.1. The van der Waals surface area contributed by atoms with E-state index in [9.17, 15) is 22.8 Å². The molecule has 2 N–H and O–H groups in total. The van der Waals surface area contributed by atoms with E-state index in [-0.39, 0.29) is 28.6 Å². The third-order valence-electron chi connectivity index (χ3n) is 4.90. The molecule has 0 radical (unpaired) electrons. The van der Waals surface area contributed by atoms with Crippen LogP contribution in [0.25, 0.3) is 11.3 Å². The second-order valence-electron chi connectivity index (χ2n) is 7.05. The van der Waals surface area contributed by atoms with E-state index in [1.165, 1.54) is 0 Å². The minimum Gasteiger partial charge on any atom is -0.369 e. The number of alkyl halides is 3. The number of nitrogens with zero attached hydrogens (tertiary/aromatic N) is 3. The van der Waals surface area contributed by atoms with Gasteiger partial charge < -0.3 is 10.6 Å². The van der Waals surface area contributed by atoms with Crippen LogP contribution in [0.1, 0.15) is 25.5 Å². The van der Waals surface area contributed by atoms with E-state index in [1.54, 1.807) is 42.2 Å². The topological polar surface area (TPSA) is 89.2 Å². The fourth-order valence-corrected chi connectivity index (χ4v) is 4.10. The van der Waals surface area contributed by atoms with Gasteiger partial charge in [-0.3, -0.25) is 9.59 Å². The number of aromatic nitrogens is 2. The summed E-state index contributed by atoms with van der Waals surface area (Å²) in [5.74, 6) is -0.863. The minimum absolute atomic E-state index is 0.114. The summed E-state index contributed by atoms with van der Waals surface area (Å²) >= 11 is 0.886. The molecule has 3 rings (SSSR count). The average Bonchev–Trinajstić information content (AvgIpc) is 2.73. The summed E-state index contributed by atoms with van der Waals surface area (Å²) in [4.78, 5) is 33.5. The van der Waals surface area contributed by atoms with E-state index in [0.717, 1.165) is 17.8 Å². The second kappa shape index (κ2) is 9.03. The van der Waals surface area contributed by atoms with Gasteiger partial charge in [0.1, 0.15) is 5.69 Å². The fraction of sp³-hybridized carbons (Fsp3) is 0.400. The number of piperidine rings is 1. The molecule has 1 aromatic heterocycles. The number of halogens is 3. The SMILES string of the molecule is C[C@@H](Sc1nc(-c2ccccc2)cc(C(F)(F)F)n1)C(=O)N1CCC(C(N)=O)CC1. The maximum Gasteiger partial charge on any atom is 0.433 e. The lowest BCUT2D eigenvalue weighted by Crippen LogP contribution is -2.44. The molecule has 1 atom stereocenters. The van der Waals surface area contributed by atoms with E-state index >= 15 is 0 Å². The average molecular weight is 438 g/mol. The molecule has 1 aromatic carbocycles. The molecule has 2 heterocycles. The third kappa shape index (κ3) is 5.29. The standard InChI is InChI=1S/C20H21F3N4O2S/c1-12(18(29)27-9-7-14(8-10-27)17(24)28)30-19-25-15(13-5-3-2-4-6-13)11-16(26-19)20(21,22)23/h2-6,11-12,14H,7-10H2,1H3,(H2,24,28)/t12-/m1/s1. The smallest absolute Gasteiger partial charge is 0.369 e. The Morgan fingerprint density at radius 1 is 1.17 bits per heavy atom. The summed E-state index contributed by atoms with van der Waals surface area (Å²) in [5, 5.41) is -0.793. The third-order valence-corrected chi connectivity index (χ3v) is 5.85. The van der Waals surface area contributed by atoms with E-state index in [1.807, 2.05) is 0 Å². The monoisotopic (exact) mass is 438 g/mol. The second-order valence-corrected chi connectivity index (χ2v) is 8.35. The van der Waals surface area contributed by atoms with Gasteiger partial charge in [0.05, 0.1) is 10.9 Å². The first-order valence-corrected chi connectivity index (χ1v) is 10.3. The summed E-state index contributed by atoms with van der Waals surface area (Å²) in [5.41, 5.74) is 4.92. The number of hydrogen-bond acceptors (Lipinski definition) is 5. The quantitative estimate of drug-likeness (QED) is 0.571. The van der Waals surface area contributed by atoms with Crippen LogP contribution < -0.4 is 5.73 Å². The molecule has 1 aliphatic rings. The van der Waals surface area contributed by atoms with Gasteiger partial charge >= 0.3 is 6.18 Å². The maximum absolute atomic E-state index is 13.3. The Bertz CT molecular complexity index is 916. The van der Waals surface area contributed by atoms with Crippen LogP contribution in [0, 0.1) is 5.92 Å². The summed E-state index contributed by atoms with van der Waals surface area (Å²) in [6.07, 6.45) is -3.67. The first-order valence-electron chi connectivity index (χ1n) is 9.41. The zero-order valence-corrected chi connectivity index (χ0v) is 17.0. The molecule has 1 aliphatic heterocycles. The van der Waals surface area contributed by atoms with Crippen molar-refractivity contribution in [3.05, 3.63) is 42.1 Å². The van der Waals surface area contributed by atoms with Crippen LogP contribution in [0.4, 0.5) is 13.2 Å². The molecule has 6 nitrogen and oxygen atoms in total. The van der Waals surface area contributed by atoms with Crippen molar-refractivity contribution in [3.63, 3.8) is 0 Å². The summed E-state index contributed by atoms with van der Waals surface area (Å²) in [6.45, 7) is 2.38. The molecule has 0 spiro atoms. The van der Waals surface area contributed by atoms with Gasteiger partial charge in [0.2, 0.25) is 11.8 Å². The predicted octanol–water partition coefficient (Wildman–Crippen LogP) is 3.37. The molecule has 0 aliphatic carbocycles. The Labute approximate surface area is 176 Å². The normalized spacial score (nSPS) is 16.3. The number of rotatable bonds is 5. The van der Waals surface area contributed by atoms with E-state index in [4.69, 9.17) is 5.73 Å². The highest BCUT2D eigenvalue weighted by molar-refractivity contribution is 8.00. The number of primary amides is 1. The molecular weight excluding hydrogens is 417 g/mol. The van der Waals surface area contributed by atoms with Crippen molar-refractivity contribution < 1.29 is 22.8 Å². The number of hydrogen-bond donors (Lipinski definition) is 1. The molecule has 0 saturated carbocycles. The Morgan fingerprint density at radius 3 is 2.37 bits per heavy atom. The van der Waals surface area contributed by atoms with Crippen LogP contribution >= 0.6 is 11.8 Å². The lowest BCUT2D eigenvalue weighted by molar-refractivity contribution is -0.141. The van der Waals surface area contributed by atoms with Crippen LogP contribution in [0.5, 0.6) is 0 Å². The van der Waals surface area contributed by atoms with Gasteiger partial charge in [-0.2, -0.15) is 13.2 Å².